The van der Waals surface area contributed by atoms with Crippen LogP contribution >= 0.6 is 0 Å². The summed E-state index contributed by atoms with van der Waals surface area (Å²) in [6, 6.07) is -1.65. The Morgan fingerprint density at radius 1 is 1.28 bits per heavy atom. The summed E-state index contributed by atoms with van der Waals surface area (Å²) in [6.07, 6.45) is -0.821. The molecule has 2 fully saturated rings. The Labute approximate surface area is 165 Å². The van der Waals surface area contributed by atoms with E-state index in [9.17, 15) is 23.5 Å². The van der Waals surface area contributed by atoms with Crippen molar-refractivity contribution < 1.29 is 18.3 Å². The van der Waals surface area contributed by atoms with Crippen LogP contribution in [0.15, 0.2) is 15.4 Å². The number of aromatic nitrogens is 2. The fraction of sp³-hybridized carbons (Fsp3) is 0.684. The zero-order valence-electron chi connectivity index (χ0n) is 16.1. The molecule has 1 aromatic rings. The number of rotatable bonds is 5. The standard InChI is InChI=1S/C19H25F3N4O3/c1-8-15-13(18(28)24-19(29)26(15)10-2-3-10)17(27)14(22)16(8)25-5-4-9(7-25)11(23)6-12(20)21/h8-12,16,27H,2-7,23H2,1H3,(H,24,28,29). The van der Waals surface area contributed by atoms with E-state index in [4.69, 9.17) is 5.73 Å². The molecule has 160 valence electrons. The molecule has 1 saturated carbocycles. The highest BCUT2D eigenvalue weighted by Gasteiger charge is 2.45. The molecule has 29 heavy (non-hydrogen) atoms. The van der Waals surface area contributed by atoms with Crippen molar-refractivity contribution in [1.29, 1.82) is 0 Å². The summed E-state index contributed by atoms with van der Waals surface area (Å²) in [4.78, 5) is 28.7. The number of nitrogens with zero attached hydrogens (tertiary/aromatic N) is 2. The van der Waals surface area contributed by atoms with E-state index in [0.717, 1.165) is 12.8 Å². The van der Waals surface area contributed by atoms with E-state index in [1.807, 2.05) is 0 Å². The number of alkyl halides is 2. The number of aromatic amines is 1. The molecule has 2 aliphatic carbocycles. The number of likely N-dealkylation sites (tertiary alicyclic amines) is 1. The fourth-order valence-corrected chi connectivity index (χ4v) is 4.86. The Morgan fingerprint density at radius 3 is 2.59 bits per heavy atom. The summed E-state index contributed by atoms with van der Waals surface area (Å²) >= 11 is 0. The number of nitrogens with one attached hydrogen (secondary N) is 1. The first-order valence-corrected chi connectivity index (χ1v) is 9.96. The van der Waals surface area contributed by atoms with Crippen molar-refractivity contribution in [3.05, 3.63) is 37.9 Å². The minimum atomic E-state index is -2.50. The van der Waals surface area contributed by atoms with Crippen molar-refractivity contribution in [3.63, 3.8) is 0 Å². The number of hydrogen-bond acceptors (Lipinski definition) is 5. The number of aliphatic hydroxyl groups excluding tert-OH is 1. The van der Waals surface area contributed by atoms with Gasteiger partial charge in [0.2, 0.25) is 6.43 Å². The number of aliphatic hydroxyl groups is 1. The molecule has 4 N–H and O–H groups in total. The predicted octanol–water partition coefficient (Wildman–Crippen LogP) is 1.86. The molecular weight excluding hydrogens is 389 g/mol. The molecule has 10 heteroatoms. The van der Waals surface area contributed by atoms with Gasteiger partial charge in [-0.1, -0.05) is 6.92 Å². The van der Waals surface area contributed by atoms with Crippen molar-refractivity contribution in [3.8, 4) is 0 Å². The Hall–Kier alpha value is -2.07. The highest BCUT2D eigenvalue weighted by atomic mass is 19.3. The lowest BCUT2D eigenvalue weighted by atomic mass is 9.85. The van der Waals surface area contributed by atoms with Crippen LogP contribution in [0.3, 0.4) is 0 Å². The second kappa shape index (κ2) is 7.32. The Bertz CT molecular complexity index is 953. The van der Waals surface area contributed by atoms with Crippen LogP contribution in [0, 0.1) is 5.92 Å². The van der Waals surface area contributed by atoms with Gasteiger partial charge in [0.15, 0.2) is 11.6 Å². The quantitative estimate of drug-likeness (QED) is 0.682. The summed E-state index contributed by atoms with van der Waals surface area (Å²) in [6.45, 7) is 2.47. The van der Waals surface area contributed by atoms with Gasteiger partial charge in [0, 0.05) is 36.7 Å². The van der Waals surface area contributed by atoms with Gasteiger partial charge in [0.05, 0.1) is 6.04 Å². The first-order valence-electron chi connectivity index (χ1n) is 9.96. The maximum absolute atomic E-state index is 15.2. The lowest BCUT2D eigenvalue weighted by molar-refractivity contribution is 0.116. The smallest absolute Gasteiger partial charge is 0.328 e. The molecular formula is C19H25F3N4O3. The molecule has 1 saturated heterocycles. The van der Waals surface area contributed by atoms with Crippen LogP contribution in [0.4, 0.5) is 13.2 Å². The fourth-order valence-electron chi connectivity index (χ4n) is 4.86. The van der Waals surface area contributed by atoms with E-state index in [2.05, 4.69) is 4.98 Å². The van der Waals surface area contributed by atoms with Gasteiger partial charge in [-0.05, 0) is 31.7 Å². The van der Waals surface area contributed by atoms with E-state index in [0.29, 0.717) is 25.2 Å². The van der Waals surface area contributed by atoms with E-state index in [-0.39, 0.29) is 17.5 Å². The molecule has 3 aliphatic rings. The van der Waals surface area contributed by atoms with Crippen LogP contribution < -0.4 is 17.0 Å². The molecule has 0 aromatic carbocycles. The maximum Gasteiger partial charge on any atom is 0.328 e. The second-order valence-corrected chi connectivity index (χ2v) is 8.39. The zero-order chi connectivity index (χ0) is 21.0. The van der Waals surface area contributed by atoms with Gasteiger partial charge in [-0.15, -0.1) is 0 Å². The Balaban J connectivity index is 1.70. The molecule has 4 unspecified atom stereocenters. The highest BCUT2D eigenvalue weighted by molar-refractivity contribution is 5.66. The molecule has 0 radical (unpaired) electrons. The third-order valence-electron chi connectivity index (χ3n) is 6.43. The largest absolute Gasteiger partial charge is 0.504 e. The van der Waals surface area contributed by atoms with Crippen LogP contribution in [-0.2, 0) is 0 Å². The topological polar surface area (TPSA) is 104 Å². The van der Waals surface area contributed by atoms with Crippen LogP contribution in [0.5, 0.6) is 0 Å². The normalized spacial score (nSPS) is 28.8. The molecule has 0 bridgehead atoms. The molecule has 2 heterocycles. The van der Waals surface area contributed by atoms with E-state index < -0.39 is 53.7 Å². The van der Waals surface area contributed by atoms with E-state index >= 15 is 4.39 Å². The van der Waals surface area contributed by atoms with Crippen molar-refractivity contribution in [2.24, 2.45) is 11.7 Å². The van der Waals surface area contributed by atoms with Gasteiger partial charge in [0.1, 0.15) is 5.56 Å². The van der Waals surface area contributed by atoms with Crippen molar-refractivity contribution in [2.75, 3.05) is 13.1 Å². The van der Waals surface area contributed by atoms with Gasteiger partial charge in [-0.2, -0.15) is 0 Å². The first kappa shape index (κ1) is 20.2. The van der Waals surface area contributed by atoms with Gasteiger partial charge >= 0.3 is 5.69 Å². The van der Waals surface area contributed by atoms with Crippen LogP contribution in [-0.4, -0.2) is 51.2 Å². The average Bonchev–Trinajstić information content (AvgIpc) is 3.35. The molecule has 0 amide bonds. The van der Waals surface area contributed by atoms with Gasteiger partial charge in [0.25, 0.3) is 5.56 Å². The summed E-state index contributed by atoms with van der Waals surface area (Å²) in [7, 11) is 0. The lowest BCUT2D eigenvalue weighted by Gasteiger charge is -2.37. The average molecular weight is 414 g/mol. The van der Waals surface area contributed by atoms with Gasteiger partial charge < -0.3 is 10.8 Å². The Morgan fingerprint density at radius 2 is 1.97 bits per heavy atom. The molecule has 7 nitrogen and oxygen atoms in total. The van der Waals surface area contributed by atoms with Crippen molar-refractivity contribution in [2.45, 2.75) is 63.1 Å². The third-order valence-corrected chi connectivity index (χ3v) is 6.43. The monoisotopic (exact) mass is 414 g/mol. The van der Waals surface area contributed by atoms with Crippen LogP contribution in [0.2, 0.25) is 0 Å². The molecule has 4 rings (SSSR count). The summed E-state index contributed by atoms with van der Waals surface area (Å²) < 4.78 is 42.0. The summed E-state index contributed by atoms with van der Waals surface area (Å²) in [5.74, 6) is -2.36. The second-order valence-electron chi connectivity index (χ2n) is 8.39. The lowest BCUT2D eigenvalue weighted by Crippen LogP contribution is -2.46. The highest BCUT2D eigenvalue weighted by Crippen LogP contribution is 2.44. The maximum atomic E-state index is 15.2. The van der Waals surface area contributed by atoms with Crippen LogP contribution in [0.1, 0.15) is 55.8 Å². The van der Waals surface area contributed by atoms with Crippen molar-refractivity contribution in [1.82, 2.24) is 14.5 Å². The number of fused-ring (bicyclic) bond motifs is 1. The van der Waals surface area contributed by atoms with Crippen molar-refractivity contribution >= 4 is 5.76 Å². The van der Waals surface area contributed by atoms with Gasteiger partial charge in [-0.3, -0.25) is 19.2 Å². The third kappa shape index (κ3) is 3.42. The van der Waals surface area contributed by atoms with E-state index in [1.54, 1.807) is 11.8 Å². The van der Waals surface area contributed by atoms with Gasteiger partial charge in [-0.25, -0.2) is 18.0 Å². The summed E-state index contributed by atoms with van der Waals surface area (Å²) in [5.41, 5.74) is 4.68. The first-order chi connectivity index (χ1) is 13.7. The van der Waals surface area contributed by atoms with E-state index in [1.165, 1.54) is 4.57 Å². The molecule has 1 aromatic heterocycles. The number of hydrogen-bond donors (Lipinski definition) is 3. The summed E-state index contributed by atoms with van der Waals surface area (Å²) in [5, 5.41) is 10.5. The molecule has 4 atom stereocenters. The zero-order valence-corrected chi connectivity index (χ0v) is 16.1. The number of H-pyrrole nitrogens is 1. The number of nitrogens with two attached hydrogens (primary N) is 1. The minimum Gasteiger partial charge on any atom is -0.504 e. The Kier molecular flexibility index (Phi) is 5.10. The van der Waals surface area contributed by atoms with Crippen LogP contribution in [0.25, 0.3) is 5.76 Å². The minimum absolute atomic E-state index is 0.0732. The molecule has 0 spiro atoms. The predicted molar refractivity (Wildman–Crippen MR) is 101 cm³/mol. The number of halogens is 3. The SMILES string of the molecule is CC1c2c(c(=O)[nH]c(=O)n2C2CC2)C(O)=C(F)C1N1CCC(C(N)CC(F)F)C1. The molecule has 1 aliphatic heterocycles.